The van der Waals surface area contributed by atoms with Gasteiger partial charge in [0, 0.05) is 35.8 Å². The molecule has 1 atom stereocenters. The predicted octanol–water partition coefficient (Wildman–Crippen LogP) is 4.41. The average Bonchev–Trinajstić information content (AvgIpc) is 3.21. The van der Waals surface area contributed by atoms with Crippen LogP contribution < -0.4 is 10.6 Å². The Morgan fingerprint density at radius 1 is 1.22 bits per heavy atom. The number of aromatic nitrogens is 2. The molecule has 4 rings (SSSR count). The Labute approximate surface area is 200 Å². The van der Waals surface area contributed by atoms with Crippen LogP contribution in [0.3, 0.4) is 0 Å². The van der Waals surface area contributed by atoms with E-state index in [9.17, 15) is 9.59 Å². The number of hydrogen-bond donors (Lipinski definition) is 2. The first-order valence-electron chi connectivity index (χ1n) is 10.0. The highest BCUT2D eigenvalue weighted by Crippen LogP contribution is 2.30. The van der Waals surface area contributed by atoms with Gasteiger partial charge in [0.2, 0.25) is 11.8 Å². The van der Waals surface area contributed by atoms with Gasteiger partial charge >= 0.3 is 0 Å². The minimum atomic E-state index is -0.425. The molecule has 3 heterocycles. The van der Waals surface area contributed by atoms with Crippen molar-refractivity contribution in [2.75, 3.05) is 18.4 Å². The molecule has 0 unspecified atom stereocenters. The van der Waals surface area contributed by atoms with Crippen LogP contribution in [0.2, 0.25) is 15.1 Å². The van der Waals surface area contributed by atoms with E-state index in [2.05, 4.69) is 27.2 Å². The first kappa shape index (κ1) is 22.6. The molecule has 0 spiro atoms. The van der Waals surface area contributed by atoms with Gasteiger partial charge in [0.1, 0.15) is 11.1 Å². The van der Waals surface area contributed by atoms with Crippen molar-refractivity contribution in [2.45, 2.75) is 25.3 Å². The SMILES string of the molecule is C=C(Nc1nc(C2=CCN(C(=O)[C@H]3CCC(=O)N3)CC2)ncc1Cl)c1ccc(Cl)cc1Cl. The predicted molar refractivity (Wildman–Crippen MR) is 126 cm³/mol. The van der Waals surface area contributed by atoms with E-state index in [0.717, 1.165) is 5.57 Å². The van der Waals surface area contributed by atoms with Gasteiger partial charge in [-0.2, -0.15) is 0 Å². The lowest BCUT2D eigenvalue weighted by Gasteiger charge is -2.28. The smallest absolute Gasteiger partial charge is 0.245 e. The second-order valence-corrected chi connectivity index (χ2v) is 8.79. The van der Waals surface area contributed by atoms with Gasteiger partial charge < -0.3 is 15.5 Å². The van der Waals surface area contributed by atoms with Crippen molar-refractivity contribution in [3.8, 4) is 0 Å². The Bertz CT molecular complexity index is 1130. The number of carbonyl (C=O) groups is 2. The van der Waals surface area contributed by atoms with Crippen molar-refractivity contribution in [3.05, 3.63) is 63.5 Å². The maximum Gasteiger partial charge on any atom is 0.245 e. The van der Waals surface area contributed by atoms with E-state index in [4.69, 9.17) is 34.8 Å². The zero-order chi connectivity index (χ0) is 22.8. The lowest BCUT2D eigenvalue weighted by Crippen LogP contribution is -2.46. The van der Waals surface area contributed by atoms with E-state index in [1.807, 2.05) is 6.08 Å². The fourth-order valence-corrected chi connectivity index (χ4v) is 4.31. The summed E-state index contributed by atoms with van der Waals surface area (Å²) in [5, 5.41) is 7.14. The number of halogens is 3. The zero-order valence-electron chi connectivity index (χ0n) is 17.0. The van der Waals surface area contributed by atoms with Crippen molar-refractivity contribution >= 4 is 63.7 Å². The number of nitrogens with zero attached hydrogens (tertiary/aromatic N) is 3. The van der Waals surface area contributed by atoms with E-state index in [0.29, 0.717) is 70.3 Å². The molecule has 1 aromatic heterocycles. The lowest BCUT2D eigenvalue weighted by atomic mass is 10.1. The van der Waals surface area contributed by atoms with Crippen LogP contribution in [0, 0.1) is 0 Å². The quantitative estimate of drug-likeness (QED) is 0.645. The number of amides is 2. The van der Waals surface area contributed by atoms with Gasteiger partial charge in [-0.15, -0.1) is 0 Å². The number of hydrogen-bond acceptors (Lipinski definition) is 5. The maximum absolute atomic E-state index is 12.6. The third-order valence-corrected chi connectivity index (χ3v) is 6.20. The van der Waals surface area contributed by atoms with Gasteiger partial charge in [-0.05, 0) is 36.6 Å². The lowest BCUT2D eigenvalue weighted by molar-refractivity contribution is -0.134. The highest BCUT2D eigenvalue weighted by Gasteiger charge is 2.31. The molecule has 0 aliphatic carbocycles. The molecule has 1 aromatic carbocycles. The summed E-state index contributed by atoms with van der Waals surface area (Å²) in [6.07, 6.45) is 4.98. The van der Waals surface area contributed by atoms with E-state index >= 15 is 0 Å². The molecule has 1 fully saturated rings. The van der Waals surface area contributed by atoms with Crippen LogP contribution in [-0.4, -0.2) is 45.8 Å². The van der Waals surface area contributed by atoms with Crippen LogP contribution in [-0.2, 0) is 9.59 Å². The molecule has 0 radical (unpaired) electrons. The Kier molecular flexibility index (Phi) is 6.69. The molecule has 10 heteroatoms. The fraction of sp³-hybridized carbons (Fsp3) is 0.273. The molecular weight excluding hydrogens is 473 g/mol. The van der Waals surface area contributed by atoms with E-state index in [-0.39, 0.29) is 11.8 Å². The summed E-state index contributed by atoms with van der Waals surface area (Å²) in [5.41, 5.74) is 2.11. The van der Waals surface area contributed by atoms with Crippen LogP contribution in [0.5, 0.6) is 0 Å². The van der Waals surface area contributed by atoms with Crippen LogP contribution in [0.1, 0.15) is 30.7 Å². The topological polar surface area (TPSA) is 87.2 Å². The Hall–Kier alpha value is -2.61. The van der Waals surface area contributed by atoms with Gasteiger partial charge in [0.25, 0.3) is 0 Å². The molecule has 2 N–H and O–H groups in total. The zero-order valence-corrected chi connectivity index (χ0v) is 19.3. The standard InChI is InChI=1S/C22H20Cl3N5O2/c1-12(15-3-2-14(23)10-16(15)24)27-21-17(25)11-26-20(29-21)13-6-8-30(9-7-13)22(32)18-4-5-19(31)28-18/h2-3,6,10-11,18H,1,4-5,7-9H2,(H,28,31)(H,26,27,29)/t18-/m1/s1. The molecule has 32 heavy (non-hydrogen) atoms. The first-order chi connectivity index (χ1) is 15.3. The molecule has 2 aromatic rings. The summed E-state index contributed by atoms with van der Waals surface area (Å²) in [6.45, 7) is 4.98. The van der Waals surface area contributed by atoms with Crippen molar-refractivity contribution < 1.29 is 9.59 Å². The number of nitrogens with one attached hydrogen (secondary N) is 2. The summed E-state index contributed by atoms with van der Waals surface area (Å²) < 4.78 is 0. The minimum absolute atomic E-state index is 0.0540. The maximum atomic E-state index is 12.6. The van der Waals surface area contributed by atoms with Crippen LogP contribution >= 0.6 is 34.8 Å². The summed E-state index contributed by atoms with van der Waals surface area (Å²) in [7, 11) is 0. The normalized spacial score (nSPS) is 18.2. The number of anilines is 1. The molecule has 2 aliphatic heterocycles. The largest absolute Gasteiger partial charge is 0.344 e. The second-order valence-electron chi connectivity index (χ2n) is 7.54. The second kappa shape index (κ2) is 9.48. The summed E-state index contributed by atoms with van der Waals surface area (Å²) in [4.78, 5) is 34.6. The monoisotopic (exact) mass is 491 g/mol. The molecule has 2 amide bonds. The van der Waals surface area contributed by atoms with Gasteiger partial charge in [-0.25, -0.2) is 9.97 Å². The highest BCUT2D eigenvalue weighted by atomic mass is 35.5. The van der Waals surface area contributed by atoms with Crippen molar-refractivity contribution in [1.29, 1.82) is 0 Å². The third kappa shape index (κ3) is 4.90. The molecule has 1 saturated heterocycles. The Balaban J connectivity index is 1.47. The molecule has 7 nitrogen and oxygen atoms in total. The first-order valence-corrected chi connectivity index (χ1v) is 11.2. The molecule has 0 saturated carbocycles. The number of rotatable bonds is 5. The number of carbonyl (C=O) groups excluding carboxylic acids is 2. The van der Waals surface area contributed by atoms with Crippen molar-refractivity contribution in [3.63, 3.8) is 0 Å². The van der Waals surface area contributed by atoms with E-state index in [1.54, 1.807) is 23.1 Å². The van der Waals surface area contributed by atoms with Gasteiger partial charge in [-0.3, -0.25) is 9.59 Å². The van der Waals surface area contributed by atoms with Gasteiger partial charge in [0.15, 0.2) is 11.6 Å². The van der Waals surface area contributed by atoms with Crippen LogP contribution in [0.15, 0.2) is 37.1 Å². The van der Waals surface area contributed by atoms with Crippen LogP contribution in [0.25, 0.3) is 11.3 Å². The fourth-order valence-electron chi connectivity index (χ4n) is 3.65. The van der Waals surface area contributed by atoms with E-state index in [1.165, 1.54) is 6.20 Å². The summed E-state index contributed by atoms with van der Waals surface area (Å²) >= 11 is 18.5. The molecule has 0 bridgehead atoms. The summed E-state index contributed by atoms with van der Waals surface area (Å²) in [5.74, 6) is 0.795. The van der Waals surface area contributed by atoms with Crippen molar-refractivity contribution in [2.24, 2.45) is 0 Å². The minimum Gasteiger partial charge on any atom is -0.344 e. The van der Waals surface area contributed by atoms with Gasteiger partial charge in [0.05, 0.1) is 11.2 Å². The summed E-state index contributed by atoms with van der Waals surface area (Å²) in [6, 6.07) is 4.69. The number of benzene rings is 1. The molecular formula is C22H20Cl3N5O2. The highest BCUT2D eigenvalue weighted by molar-refractivity contribution is 6.36. The van der Waals surface area contributed by atoms with E-state index < -0.39 is 6.04 Å². The van der Waals surface area contributed by atoms with Gasteiger partial charge in [-0.1, -0.05) is 47.5 Å². The Morgan fingerprint density at radius 3 is 2.69 bits per heavy atom. The third-order valence-electron chi connectivity index (χ3n) is 5.37. The van der Waals surface area contributed by atoms with Crippen LogP contribution in [0.4, 0.5) is 5.82 Å². The Morgan fingerprint density at radius 2 is 2.03 bits per heavy atom. The molecule has 2 aliphatic rings. The molecule has 166 valence electrons. The van der Waals surface area contributed by atoms with Crippen molar-refractivity contribution in [1.82, 2.24) is 20.2 Å². The average molecular weight is 493 g/mol.